The molecule has 0 bridgehead atoms. The van der Waals surface area contributed by atoms with E-state index < -0.39 is 15.8 Å². The van der Waals surface area contributed by atoms with Crippen molar-refractivity contribution in [3.05, 3.63) is 33.8 Å². The molecule has 7 heteroatoms. The molecule has 1 aliphatic heterocycles. The van der Waals surface area contributed by atoms with Crippen LogP contribution in [0.2, 0.25) is 0 Å². The average Bonchev–Trinajstić information content (AvgIpc) is 2.38. The van der Waals surface area contributed by atoms with Crippen LogP contribution in [-0.4, -0.2) is 37.0 Å². The summed E-state index contributed by atoms with van der Waals surface area (Å²) in [5, 5.41) is 12.2. The van der Waals surface area contributed by atoms with E-state index in [9.17, 15) is 13.2 Å². The average molecular weight is 362 g/mol. The predicted molar refractivity (Wildman–Crippen MR) is 79.6 cm³/mol. The zero-order valence-corrected chi connectivity index (χ0v) is 13.2. The highest BCUT2D eigenvalue weighted by molar-refractivity contribution is 9.10. The lowest BCUT2D eigenvalue weighted by Gasteiger charge is -2.23. The summed E-state index contributed by atoms with van der Waals surface area (Å²) >= 11 is 3.36. The maximum atomic E-state index is 11.3. The van der Waals surface area contributed by atoms with Crippen molar-refractivity contribution < 1.29 is 18.3 Å². The van der Waals surface area contributed by atoms with Gasteiger partial charge in [0.15, 0.2) is 0 Å². The lowest BCUT2D eigenvalue weighted by molar-refractivity contribution is 0.0697. The van der Waals surface area contributed by atoms with Gasteiger partial charge in [-0.1, -0.05) is 22.0 Å². The Labute approximate surface area is 126 Å². The fourth-order valence-corrected chi connectivity index (χ4v) is 4.18. The number of sulfone groups is 1. The minimum absolute atomic E-state index is 0.199. The SMILES string of the molecule is O=C(O)c1ccc(CNC2CCS(=O)(=O)CC2)c(Br)c1. The third-order valence-corrected chi connectivity index (χ3v) is 5.89. The molecule has 0 saturated carbocycles. The Hall–Kier alpha value is -0.920. The maximum absolute atomic E-state index is 11.3. The molecule has 1 saturated heterocycles. The first-order chi connectivity index (χ1) is 9.37. The molecule has 0 unspecified atom stereocenters. The third-order valence-electron chi connectivity index (χ3n) is 3.44. The van der Waals surface area contributed by atoms with Crippen molar-refractivity contribution in [3.8, 4) is 0 Å². The number of rotatable bonds is 4. The summed E-state index contributed by atoms with van der Waals surface area (Å²) in [6.45, 7) is 0.588. The van der Waals surface area contributed by atoms with Crippen LogP contribution >= 0.6 is 15.9 Å². The largest absolute Gasteiger partial charge is 0.478 e. The molecule has 20 heavy (non-hydrogen) atoms. The molecular weight excluding hydrogens is 346 g/mol. The molecule has 1 aromatic carbocycles. The van der Waals surface area contributed by atoms with Crippen molar-refractivity contribution in [1.29, 1.82) is 0 Å². The van der Waals surface area contributed by atoms with E-state index in [-0.39, 0.29) is 23.1 Å². The van der Waals surface area contributed by atoms with Crippen LogP contribution in [0, 0.1) is 0 Å². The normalized spacial score (nSPS) is 18.9. The first-order valence-corrected chi connectivity index (χ1v) is 8.94. The van der Waals surface area contributed by atoms with E-state index in [1.165, 1.54) is 0 Å². The quantitative estimate of drug-likeness (QED) is 0.854. The molecule has 1 aliphatic rings. The summed E-state index contributed by atoms with van der Waals surface area (Å²) in [4.78, 5) is 10.8. The number of carbonyl (C=O) groups is 1. The van der Waals surface area contributed by atoms with E-state index in [4.69, 9.17) is 5.11 Å². The summed E-state index contributed by atoms with van der Waals surface area (Å²) < 4.78 is 23.4. The number of benzene rings is 1. The van der Waals surface area contributed by atoms with Gasteiger partial charge in [0.05, 0.1) is 17.1 Å². The Kier molecular flexibility index (Phi) is 4.82. The second kappa shape index (κ2) is 6.24. The van der Waals surface area contributed by atoms with Crippen LogP contribution in [0.3, 0.4) is 0 Å². The molecule has 0 aliphatic carbocycles. The fourth-order valence-electron chi connectivity index (χ4n) is 2.17. The Bertz CT molecular complexity index is 601. The third kappa shape index (κ3) is 4.04. The first-order valence-electron chi connectivity index (χ1n) is 6.33. The van der Waals surface area contributed by atoms with E-state index in [2.05, 4.69) is 21.2 Å². The van der Waals surface area contributed by atoms with Gasteiger partial charge in [-0.25, -0.2) is 13.2 Å². The molecule has 1 heterocycles. The number of nitrogens with one attached hydrogen (secondary N) is 1. The Morgan fingerprint density at radius 3 is 2.55 bits per heavy atom. The predicted octanol–water partition coefficient (Wildman–Crippen LogP) is 1.81. The molecule has 0 spiro atoms. The molecule has 1 aromatic rings. The van der Waals surface area contributed by atoms with Gasteiger partial charge >= 0.3 is 5.97 Å². The number of carboxylic acid groups (broad SMARTS) is 1. The van der Waals surface area contributed by atoms with Crippen LogP contribution in [-0.2, 0) is 16.4 Å². The minimum Gasteiger partial charge on any atom is -0.478 e. The van der Waals surface area contributed by atoms with Gasteiger partial charge in [0.1, 0.15) is 9.84 Å². The van der Waals surface area contributed by atoms with Crippen molar-refractivity contribution in [2.24, 2.45) is 0 Å². The van der Waals surface area contributed by atoms with Crippen molar-refractivity contribution in [1.82, 2.24) is 5.32 Å². The topological polar surface area (TPSA) is 83.5 Å². The van der Waals surface area contributed by atoms with E-state index in [0.29, 0.717) is 19.4 Å². The molecule has 0 aromatic heterocycles. The maximum Gasteiger partial charge on any atom is 0.335 e. The van der Waals surface area contributed by atoms with Crippen LogP contribution in [0.5, 0.6) is 0 Å². The number of aromatic carboxylic acids is 1. The van der Waals surface area contributed by atoms with Crippen molar-refractivity contribution in [2.45, 2.75) is 25.4 Å². The molecule has 0 atom stereocenters. The summed E-state index contributed by atoms with van der Waals surface area (Å²) in [6, 6.07) is 5.10. The number of carboxylic acids is 1. The first kappa shape index (κ1) is 15.5. The highest BCUT2D eigenvalue weighted by Gasteiger charge is 2.23. The van der Waals surface area contributed by atoms with Gasteiger partial charge in [0, 0.05) is 17.1 Å². The second-order valence-electron chi connectivity index (χ2n) is 4.92. The summed E-state index contributed by atoms with van der Waals surface area (Å²) in [5.41, 5.74) is 1.20. The Balaban J connectivity index is 1.93. The van der Waals surface area contributed by atoms with Crippen molar-refractivity contribution in [2.75, 3.05) is 11.5 Å². The fraction of sp³-hybridized carbons (Fsp3) is 0.462. The van der Waals surface area contributed by atoms with Crippen molar-refractivity contribution >= 4 is 31.7 Å². The van der Waals surface area contributed by atoms with Gasteiger partial charge in [0.25, 0.3) is 0 Å². The highest BCUT2D eigenvalue weighted by atomic mass is 79.9. The van der Waals surface area contributed by atoms with Crippen LogP contribution in [0.15, 0.2) is 22.7 Å². The Morgan fingerprint density at radius 2 is 2.00 bits per heavy atom. The highest BCUT2D eigenvalue weighted by Crippen LogP contribution is 2.20. The van der Waals surface area contributed by atoms with Crippen LogP contribution in [0.25, 0.3) is 0 Å². The number of hydrogen-bond donors (Lipinski definition) is 2. The lowest BCUT2D eigenvalue weighted by atomic mass is 10.1. The molecule has 5 nitrogen and oxygen atoms in total. The van der Waals surface area contributed by atoms with Crippen LogP contribution in [0.1, 0.15) is 28.8 Å². The van der Waals surface area contributed by atoms with Gasteiger partial charge in [-0.15, -0.1) is 0 Å². The van der Waals surface area contributed by atoms with Crippen molar-refractivity contribution in [3.63, 3.8) is 0 Å². The van der Waals surface area contributed by atoms with Crippen LogP contribution < -0.4 is 5.32 Å². The zero-order chi connectivity index (χ0) is 14.8. The molecule has 0 amide bonds. The molecule has 2 rings (SSSR count). The number of hydrogen-bond acceptors (Lipinski definition) is 4. The van der Waals surface area contributed by atoms with Gasteiger partial charge < -0.3 is 10.4 Å². The summed E-state index contributed by atoms with van der Waals surface area (Å²) in [5.74, 6) is -0.476. The lowest BCUT2D eigenvalue weighted by Crippen LogP contribution is -2.37. The van der Waals surface area contributed by atoms with E-state index >= 15 is 0 Å². The number of halogens is 1. The Morgan fingerprint density at radius 1 is 1.35 bits per heavy atom. The smallest absolute Gasteiger partial charge is 0.335 e. The molecule has 2 N–H and O–H groups in total. The summed E-state index contributed by atoms with van der Waals surface area (Å²) in [7, 11) is -2.84. The van der Waals surface area contributed by atoms with Gasteiger partial charge in [0.2, 0.25) is 0 Å². The minimum atomic E-state index is -2.84. The second-order valence-corrected chi connectivity index (χ2v) is 8.08. The van der Waals surface area contributed by atoms with Crippen LogP contribution in [0.4, 0.5) is 0 Å². The standard InChI is InChI=1S/C13H16BrNO4S/c14-12-7-9(13(16)17)1-2-10(12)8-15-11-3-5-20(18,19)6-4-11/h1-2,7,11,15H,3-6,8H2,(H,16,17). The van der Waals surface area contributed by atoms with Gasteiger partial charge in [-0.3, -0.25) is 0 Å². The summed E-state index contributed by atoms with van der Waals surface area (Å²) in [6.07, 6.45) is 1.26. The van der Waals surface area contributed by atoms with Gasteiger partial charge in [-0.2, -0.15) is 0 Å². The van der Waals surface area contributed by atoms with E-state index in [0.717, 1.165) is 10.0 Å². The molecule has 110 valence electrons. The van der Waals surface area contributed by atoms with E-state index in [1.54, 1.807) is 18.2 Å². The van der Waals surface area contributed by atoms with Gasteiger partial charge in [-0.05, 0) is 30.5 Å². The van der Waals surface area contributed by atoms with E-state index in [1.807, 2.05) is 0 Å². The molecule has 1 fully saturated rings. The molecule has 0 radical (unpaired) electrons. The molecular formula is C13H16BrNO4S. The zero-order valence-electron chi connectivity index (χ0n) is 10.8. The monoisotopic (exact) mass is 361 g/mol.